The first-order valence-electron chi connectivity index (χ1n) is 17.1. The number of esters is 2. The maximum absolute atomic E-state index is 14.7. The van der Waals surface area contributed by atoms with Gasteiger partial charge in [0.15, 0.2) is 29.6 Å². The van der Waals surface area contributed by atoms with Gasteiger partial charge in [-0.05, 0) is 61.1 Å². The van der Waals surface area contributed by atoms with Crippen molar-refractivity contribution in [1.29, 1.82) is 0 Å². The molecule has 0 radical (unpaired) electrons. The quantitative estimate of drug-likeness (QED) is 0.235. The van der Waals surface area contributed by atoms with Crippen molar-refractivity contribution in [2.24, 2.45) is 22.9 Å². The van der Waals surface area contributed by atoms with Gasteiger partial charge in [0.05, 0.1) is 23.9 Å². The van der Waals surface area contributed by atoms with Crippen LogP contribution in [-0.2, 0) is 47.6 Å². The standard InChI is InChI=1S/C34H54N4O11/c1-12-23-33(8)30(36-31(43)49-33)34(13-14-35-37-34)26(41)17(2)16-32(7,44-11)27(19(4)24(40)20(5)28(42)47-23)48-29-25(46-21(6)39)22(38(9)10)15-18(3)45-29/h14,17-20,22-23,25,27,29-30,37H,12-13,15-16H2,1-11H3,(H,36,43)/t17-,18-,19+,20-,22+,23-,25-,27-,29+,30+,32-,33-,34-/m1/s1. The van der Waals surface area contributed by atoms with Crippen LogP contribution < -0.4 is 10.7 Å². The largest absolute Gasteiger partial charge is 0.458 e. The number of carbonyl (C=O) groups excluding carboxylic acids is 5. The molecule has 0 aromatic rings. The Hall–Kier alpha value is -3.14. The van der Waals surface area contributed by atoms with Gasteiger partial charge in [-0.25, -0.2) is 4.79 Å². The van der Waals surface area contributed by atoms with Gasteiger partial charge in [-0.3, -0.25) is 24.6 Å². The molecule has 15 heteroatoms. The lowest BCUT2D eigenvalue weighted by atomic mass is 9.68. The topological polar surface area (TPSA) is 180 Å². The number of hydrogen-bond acceptors (Lipinski definition) is 14. The van der Waals surface area contributed by atoms with E-state index in [4.69, 9.17) is 28.4 Å². The fraction of sp³-hybridized carbons (Fsp3) is 0.824. The van der Waals surface area contributed by atoms with E-state index in [-0.39, 0.29) is 37.2 Å². The number of Topliss-reactive ketones (excluding diaryl/α,β-unsaturated/α-hetero) is 2. The van der Waals surface area contributed by atoms with Crippen LogP contribution in [0.1, 0.15) is 81.1 Å². The molecular formula is C34H54N4O11. The van der Waals surface area contributed by atoms with Crippen molar-refractivity contribution in [3.05, 3.63) is 0 Å². The zero-order chi connectivity index (χ0) is 36.6. The molecule has 1 spiro atoms. The summed E-state index contributed by atoms with van der Waals surface area (Å²) in [6.07, 6.45) is -2.64. The van der Waals surface area contributed by atoms with E-state index in [1.807, 2.05) is 25.9 Å². The molecule has 0 aromatic heterocycles. The number of cyclic esters (lactones) is 1. The Labute approximate surface area is 288 Å². The van der Waals surface area contributed by atoms with Gasteiger partial charge in [0.2, 0.25) is 0 Å². The van der Waals surface area contributed by atoms with Crippen LogP contribution in [0.3, 0.4) is 0 Å². The Morgan fingerprint density at radius 3 is 2.35 bits per heavy atom. The number of alkyl carbamates (subject to hydrolysis) is 1. The molecule has 0 aromatic carbocycles. The summed E-state index contributed by atoms with van der Waals surface area (Å²) >= 11 is 0. The van der Waals surface area contributed by atoms with Crippen LogP contribution in [0.4, 0.5) is 4.79 Å². The number of methoxy groups -OCH3 is 1. The zero-order valence-electron chi connectivity index (χ0n) is 30.6. The predicted molar refractivity (Wildman–Crippen MR) is 175 cm³/mol. The van der Waals surface area contributed by atoms with Gasteiger partial charge < -0.3 is 38.6 Å². The minimum atomic E-state index is -1.49. The van der Waals surface area contributed by atoms with Crippen LogP contribution in [0.15, 0.2) is 5.10 Å². The number of hydrogen-bond donors (Lipinski definition) is 2. The van der Waals surface area contributed by atoms with Gasteiger partial charge in [0.25, 0.3) is 0 Å². The third-order valence-corrected chi connectivity index (χ3v) is 10.9. The lowest BCUT2D eigenvalue weighted by Crippen LogP contribution is -2.70. The van der Waals surface area contributed by atoms with Crippen LogP contribution in [0, 0.1) is 17.8 Å². The maximum Gasteiger partial charge on any atom is 0.408 e. The first-order chi connectivity index (χ1) is 22.8. The predicted octanol–water partition coefficient (Wildman–Crippen LogP) is 2.13. The molecule has 0 unspecified atom stereocenters. The van der Waals surface area contributed by atoms with Crippen molar-refractivity contribution >= 4 is 35.8 Å². The van der Waals surface area contributed by atoms with Crippen LogP contribution in [0.5, 0.6) is 0 Å². The van der Waals surface area contributed by atoms with Gasteiger partial charge >= 0.3 is 18.0 Å². The Bertz CT molecular complexity index is 1320. The normalized spacial score (nSPS) is 43.3. The summed E-state index contributed by atoms with van der Waals surface area (Å²) in [4.78, 5) is 69.8. The minimum Gasteiger partial charge on any atom is -0.458 e. The maximum atomic E-state index is 14.7. The number of ketones is 2. The first-order valence-corrected chi connectivity index (χ1v) is 17.1. The second kappa shape index (κ2) is 14.6. The molecule has 0 bridgehead atoms. The minimum absolute atomic E-state index is 0.0555. The van der Waals surface area contributed by atoms with E-state index in [9.17, 15) is 24.0 Å². The monoisotopic (exact) mass is 694 g/mol. The fourth-order valence-corrected chi connectivity index (χ4v) is 8.15. The second-order valence-electron chi connectivity index (χ2n) is 14.7. The summed E-state index contributed by atoms with van der Waals surface area (Å²) in [7, 11) is 5.20. The number of nitrogens with one attached hydrogen (secondary N) is 2. The summed E-state index contributed by atoms with van der Waals surface area (Å²) < 4.78 is 36.7. The first kappa shape index (κ1) is 38.7. The molecule has 49 heavy (non-hydrogen) atoms. The van der Waals surface area contributed by atoms with Crippen molar-refractivity contribution in [2.45, 2.75) is 141 Å². The van der Waals surface area contributed by atoms with Crippen molar-refractivity contribution in [3.63, 3.8) is 0 Å². The molecule has 0 saturated carbocycles. The number of amides is 1. The number of fused-ring (bicyclic) bond motifs is 2. The number of likely N-dealkylation sites (N-methyl/N-ethyl adjacent to an activating group) is 1. The summed E-state index contributed by atoms with van der Waals surface area (Å²) in [5.41, 5.74) is -1.29. The molecule has 3 saturated heterocycles. The van der Waals surface area contributed by atoms with Gasteiger partial charge in [0.1, 0.15) is 23.6 Å². The molecule has 0 aliphatic carbocycles. The number of ether oxygens (including phenoxy) is 6. The third kappa shape index (κ3) is 7.22. The van der Waals surface area contributed by atoms with Gasteiger partial charge in [-0.2, -0.15) is 5.10 Å². The average Bonchev–Trinajstić information content (AvgIpc) is 3.65. The lowest BCUT2D eigenvalue weighted by molar-refractivity contribution is -0.298. The zero-order valence-corrected chi connectivity index (χ0v) is 30.6. The van der Waals surface area contributed by atoms with Crippen molar-refractivity contribution in [1.82, 2.24) is 15.6 Å². The molecular weight excluding hydrogens is 640 g/mol. The number of rotatable bonds is 6. The molecule has 3 fully saturated rings. The Morgan fingerprint density at radius 2 is 1.80 bits per heavy atom. The Morgan fingerprint density at radius 1 is 1.12 bits per heavy atom. The fourth-order valence-electron chi connectivity index (χ4n) is 8.15. The number of hydrazone groups is 1. The Kier molecular flexibility index (Phi) is 11.5. The summed E-state index contributed by atoms with van der Waals surface area (Å²) in [6, 6.07) is -1.27. The highest BCUT2D eigenvalue weighted by atomic mass is 16.7. The average molecular weight is 695 g/mol. The summed E-state index contributed by atoms with van der Waals surface area (Å²) in [5.74, 6) is -5.13. The molecule has 4 aliphatic heterocycles. The van der Waals surface area contributed by atoms with Crippen LogP contribution in [0.2, 0.25) is 0 Å². The molecule has 1 amide bonds. The van der Waals surface area contributed by atoms with E-state index in [1.54, 1.807) is 40.8 Å². The lowest BCUT2D eigenvalue weighted by Gasteiger charge is -2.48. The van der Waals surface area contributed by atoms with E-state index < -0.39 is 89.0 Å². The van der Waals surface area contributed by atoms with Crippen LogP contribution >= 0.6 is 0 Å². The third-order valence-electron chi connectivity index (χ3n) is 10.9. The molecule has 15 nitrogen and oxygen atoms in total. The summed E-state index contributed by atoms with van der Waals surface area (Å²) in [5, 5.41) is 7.00. The summed E-state index contributed by atoms with van der Waals surface area (Å²) in [6.45, 7) is 13.1. The number of nitrogens with zero attached hydrogens (tertiary/aromatic N) is 2. The van der Waals surface area contributed by atoms with Crippen LogP contribution in [0.25, 0.3) is 0 Å². The smallest absolute Gasteiger partial charge is 0.408 e. The van der Waals surface area contributed by atoms with Gasteiger partial charge in [0, 0.05) is 38.5 Å². The highest BCUT2D eigenvalue weighted by Crippen LogP contribution is 2.43. The van der Waals surface area contributed by atoms with Crippen molar-refractivity contribution < 1.29 is 52.4 Å². The molecule has 4 rings (SSSR count). The van der Waals surface area contributed by atoms with E-state index >= 15 is 0 Å². The van der Waals surface area contributed by atoms with Crippen molar-refractivity contribution in [3.8, 4) is 0 Å². The van der Waals surface area contributed by atoms with E-state index in [1.165, 1.54) is 21.0 Å². The molecule has 4 aliphatic rings. The van der Waals surface area contributed by atoms with Crippen LogP contribution in [-0.4, -0.2) is 121 Å². The van der Waals surface area contributed by atoms with Gasteiger partial charge in [-0.15, -0.1) is 0 Å². The highest BCUT2D eigenvalue weighted by Gasteiger charge is 2.65. The van der Waals surface area contributed by atoms with E-state index in [2.05, 4.69) is 15.8 Å². The second-order valence-corrected chi connectivity index (χ2v) is 14.7. The molecule has 276 valence electrons. The van der Waals surface area contributed by atoms with Crippen molar-refractivity contribution in [2.75, 3.05) is 21.2 Å². The Balaban J connectivity index is 1.84. The van der Waals surface area contributed by atoms with E-state index in [0.717, 1.165) is 0 Å². The molecule has 2 N–H and O–H groups in total. The SMILES string of the molecule is CC[C@H]1OC(=O)[C@H](C)C(=O)[C@H](C)[C@@H](O[C@@H]2O[C@H](C)C[C@H](N(C)C)[C@H]2OC(C)=O)[C@](C)(OC)C[C@@H](C)C(=O)[C@]2(CC=NN2)[C@H]2NC(=O)O[C@]12C. The molecule has 13 atom stereocenters. The highest BCUT2D eigenvalue weighted by molar-refractivity contribution is 6.00. The number of carbonyl (C=O) groups is 5. The van der Waals surface area contributed by atoms with Gasteiger partial charge in [-0.1, -0.05) is 20.8 Å². The van der Waals surface area contributed by atoms with E-state index in [0.29, 0.717) is 6.42 Å². The molecule has 4 heterocycles.